The summed E-state index contributed by atoms with van der Waals surface area (Å²) in [6, 6.07) is 0. The lowest BCUT2D eigenvalue weighted by atomic mass is 9.96. The number of carboxylic acid groups (broad SMARTS) is 1. The number of hydrogen-bond acceptors (Lipinski definition) is 3. The number of aliphatic carboxylic acids is 1. The standard InChI is InChI=1S/C10H18N2O3/c1-2-11-10(15)8-3-5-12(6-4-8)7-9(13)14/h8H,2-7H2,1H3,(H,11,15)(H,13,14). The van der Waals surface area contributed by atoms with E-state index >= 15 is 0 Å². The van der Waals surface area contributed by atoms with Crippen molar-refractivity contribution < 1.29 is 14.7 Å². The summed E-state index contributed by atoms with van der Waals surface area (Å²) in [5, 5.41) is 11.4. The Bertz CT molecular complexity index is 235. The Balaban J connectivity index is 2.29. The lowest BCUT2D eigenvalue weighted by molar-refractivity contribution is -0.138. The molecule has 0 radical (unpaired) electrons. The Labute approximate surface area is 89.4 Å². The van der Waals surface area contributed by atoms with Crippen LogP contribution in [0, 0.1) is 5.92 Å². The van der Waals surface area contributed by atoms with Gasteiger partial charge in [-0.3, -0.25) is 14.5 Å². The Kier molecular flexibility index (Phi) is 4.55. The maximum absolute atomic E-state index is 11.5. The molecule has 15 heavy (non-hydrogen) atoms. The van der Waals surface area contributed by atoms with Crippen molar-refractivity contribution in [3.05, 3.63) is 0 Å². The third kappa shape index (κ3) is 3.87. The molecule has 0 atom stereocenters. The normalized spacial score (nSPS) is 18.7. The highest BCUT2D eigenvalue weighted by Crippen LogP contribution is 2.16. The minimum Gasteiger partial charge on any atom is -0.480 e. The third-order valence-electron chi connectivity index (χ3n) is 2.67. The molecule has 0 spiro atoms. The lowest BCUT2D eigenvalue weighted by Crippen LogP contribution is -2.42. The van der Waals surface area contributed by atoms with Gasteiger partial charge in [0.1, 0.15) is 0 Å². The van der Waals surface area contributed by atoms with Crippen molar-refractivity contribution in [1.82, 2.24) is 10.2 Å². The number of likely N-dealkylation sites (tertiary alicyclic amines) is 1. The van der Waals surface area contributed by atoms with Crippen LogP contribution >= 0.6 is 0 Å². The van der Waals surface area contributed by atoms with Crippen molar-refractivity contribution in [1.29, 1.82) is 0 Å². The van der Waals surface area contributed by atoms with Gasteiger partial charge in [0, 0.05) is 12.5 Å². The molecular formula is C10H18N2O3. The minimum atomic E-state index is -0.800. The molecule has 1 aliphatic heterocycles. The van der Waals surface area contributed by atoms with Gasteiger partial charge in [0.15, 0.2) is 0 Å². The smallest absolute Gasteiger partial charge is 0.317 e. The van der Waals surface area contributed by atoms with Crippen molar-refractivity contribution in [2.24, 2.45) is 5.92 Å². The highest BCUT2D eigenvalue weighted by molar-refractivity contribution is 5.78. The molecule has 1 aliphatic rings. The van der Waals surface area contributed by atoms with E-state index in [0.717, 1.165) is 12.8 Å². The molecule has 0 aromatic carbocycles. The van der Waals surface area contributed by atoms with Gasteiger partial charge in [-0.05, 0) is 32.9 Å². The third-order valence-corrected chi connectivity index (χ3v) is 2.67. The summed E-state index contributed by atoms with van der Waals surface area (Å²) in [6.07, 6.45) is 1.53. The first-order chi connectivity index (χ1) is 7.13. The van der Waals surface area contributed by atoms with Gasteiger partial charge in [-0.1, -0.05) is 0 Å². The molecule has 1 heterocycles. The molecule has 0 bridgehead atoms. The van der Waals surface area contributed by atoms with Crippen molar-refractivity contribution in [3.63, 3.8) is 0 Å². The van der Waals surface area contributed by atoms with Crippen LogP contribution < -0.4 is 5.32 Å². The summed E-state index contributed by atoms with van der Waals surface area (Å²) in [5.41, 5.74) is 0. The van der Waals surface area contributed by atoms with Crippen molar-refractivity contribution in [2.45, 2.75) is 19.8 Å². The molecule has 86 valence electrons. The van der Waals surface area contributed by atoms with Crippen LogP contribution in [0.25, 0.3) is 0 Å². The zero-order valence-corrected chi connectivity index (χ0v) is 9.03. The summed E-state index contributed by atoms with van der Waals surface area (Å²) >= 11 is 0. The Hall–Kier alpha value is -1.10. The van der Waals surface area contributed by atoms with Gasteiger partial charge in [0.25, 0.3) is 0 Å². The van der Waals surface area contributed by atoms with Crippen LogP contribution in [-0.4, -0.2) is 48.1 Å². The fourth-order valence-corrected chi connectivity index (χ4v) is 1.86. The average Bonchev–Trinajstić information content (AvgIpc) is 2.18. The monoisotopic (exact) mass is 214 g/mol. The van der Waals surface area contributed by atoms with Gasteiger partial charge in [-0.15, -0.1) is 0 Å². The first-order valence-electron chi connectivity index (χ1n) is 5.35. The van der Waals surface area contributed by atoms with E-state index in [9.17, 15) is 9.59 Å². The number of carbonyl (C=O) groups is 2. The molecule has 0 saturated carbocycles. The molecule has 0 aromatic rings. The second-order valence-corrected chi connectivity index (χ2v) is 3.84. The van der Waals surface area contributed by atoms with E-state index in [0.29, 0.717) is 19.6 Å². The van der Waals surface area contributed by atoms with Gasteiger partial charge < -0.3 is 10.4 Å². The zero-order chi connectivity index (χ0) is 11.3. The number of carboxylic acids is 1. The quantitative estimate of drug-likeness (QED) is 0.686. The number of carbonyl (C=O) groups excluding carboxylic acids is 1. The summed E-state index contributed by atoms with van der Waals surface area (Å²) < 4.78 is 0. The van der Waals surface area contributed by atoms with Crippen LogP contribution in [0.4, 0.5) is 0 Å². The minimum absolute atomic E-state index is 0.0648. The Morgan fingerprint density at radius 2 is 2.00 bits per heavy atom. The predicted molar refractivity (Wildman–Crippen MR) is 55.5 cm³/mol. The number of nitrogens with one attached hydrogen (secondary N) is 1. The van der Waals surface area contributed by atoms with Gasteiger partial charge in [-0.2, -0.15) is 0 Å². The summed E-state index contributed by atoms with van der Waals surface area (Å²) in [5.74, 6) is -0.631. The second kappa shape index (κ2) is 5.70. The van der Waals surface area contributed by atoms with Crippen molar-refractivity contribution in [3.8, 4) is 0 Å². The van der Waals surface area contributed by atoms with Crippen molar-refractivity contribution in [2.75, 3.05) is 26.2 Å². The Morgan fingerprint density at radius 3 is 2.47 bits per heavy atom. The zero-order valence-electron chi connectivity index (χ0n) is 9.03. The van der Waals surface area contributed by atoms with Gasteiger partial charge in [-0.25, -0.2) is 0 Å². The number of rotatable bonds is 4. The van der Waals surface area contributed by atoms with Crippen LogP contribution in [0.2, 0.25) is 0 Å². The van der Waals surface area contributed by atoms with Gasteiger partial charge in [0.2, 0.25) is 5.91 Å². The molecule has 5 heteroatoms. The largest absolute Gasteiger partial charge is 0.480 e. The van der Waals surface area contributed by atoms with Crippen LogP contribution in [0.1, 0.15) is 19.8 Å². The highest BCUT2D eigenvalue weighted by atomic mass is 16.4. The number of hydrogen-bond donors (Lipinski definition) is 2. The predicted octanol–water partition coefficient (Wildman–Crippen LogP) is -0.0809. The highest BCUT2D eigenvalue weighted by Gasteiger charge is 2.25. The van der Waals surface area contributed by atoms with E-state index in [1.165, 1.54) is 0 Å². The fraction of sp³-hybridized carbons (Fsp3) is 0.800. The van der Waals surface area contributed by atoms with Crippen LogP contribution in [0.15, 0.2) is 0 Å². The van der Waals surface area contributed by atoms with Crippen molar-refractivity contribution >= 4 is 11.9 Å². The first kappa shape index (κ1) is 12.0. The molecule has 5 nitrogen and oxygen atoms in total. The van der Waals surface area contributed by atoms with E-state index in [4.69, 9.17) is 5.11 Å². The summed E-state index contributed by atoms with van der Waals surface area (Å²) in [6.45, 7) is 4.05. The van der Waals surface area contributed by atoms with E-state index in [1.54, 1.807) is 0 Å². The molecular weight excluding hydrogens is 196 g/mol. The molecule has 1 fully saturated rings. The Morgan fingerprint density at radius 1 is 1.40 bits per heavy atom. The molecule has 1 rings (SSSR count). The van der Waals surface area contributed by atoms with E-state index in [1.807, 2.05) is 11.8 Å². The molecule has 0 unspecified atom stereocenters. The lowest BCUT2D eigenvalue weighted by Gasteiger charge is -2.29. The van der Waals surface area contributed by atoms with Crippen LogP contribution in [0.5, 0.6) is 0 Å². The van der Waals surface area contributed by atoms with Crippen LogP contribution in [0.3, 0.4) is 0 Å². The van der Waals surface area contributed by atoms with Crippen LogP contribution in [-0.2, 0) is 9.59 Å². The van der Waals surface area contributed by atoms with E-state index in [2.05, 4.69) is 5.32 Å². The fourth-order valence-electron chi connectivity index (χ4n) is 1.86. The maximum atomic E-state index is 11.5. The van der Waals surface area contributed by atoms with E-state index < -0.39 is 5.97 Å². The van der Waals surface area contributed by atoms with Gasteiger partial charge in [0.05, 0.1) is 6.54 Å². The first-order valence-corrected chi connectivity index (χ1v) is 5.35. The average molecular weight is 214 g/mol. The molecule has 1 saturated heterocycles. The number of amides is 1. The summed E-state index contributed by atoms with van der Waals surface area (Å²) in [4.78, 5) is 23.8. The van der Waals surface area contributed by atoms with E-state index in [-0.39, 0.29) is 18.4 Å². The molecule has 0 aromatic heterocycles. The second-order valence-electron chi connectivity index (χ2n) is 3.84. The summed E-state index contributed by atoms with van der Waals surface area (Å²) in [7, 11) is 0. The number of piperidine rings is 1. The van der Waals surface area contributed by atoms with Gasteiger partial charge >= 0.3 is 5.97 Å². The topological polar surface area (TPSA) is 69.6 Å². The molecule has 1 amide bonds. The maximum Gasteiger partial charge on any atom is 0.317 e. The molecule has 2 N–H and O–H groups in total. The molecule has 0 aliphatic carbocycles. The SMILES string of the molecule is CCNC(=O)C1CCN(CC(=O)O)CC1. The number of nitrogens with zero attached hydrogens (tertiary/aromatic N) is 1.